The largest absolute Gasteiger partial charge is 0.496 e. The van der Waals surface area contributed by atoms with Crippen LogP contribution in [0.15, 0.2) is 23.1 Å². The summed E-state index contributed by atoms with van der Waals surface area (Å²) < 4.78 is 21.2. The first-order chi connectivity index (χ1) is 15.9. The van der Waals surface area contributed by atoms with Crippen LogP contribution in [0.3, 0.4) is 0 Å². The molecule has 0 unspecified atom stereocenters. The standard InChI is InChI=1S/C24H30N2O6S/c1-6-32-24(28)18-14-33-22(25-18)16-7-9-26(10-8-16)23(27)15(2)11-17-12-20(30-4)21(31-5)13-19(17)29-3/h11-14,16H,6-10H2,1-5H3. The lowest BCUT2D eigenvalue weighted by Crippen LogP contribution is -2.38. The molecule has 2 aromatic rings. The van der Waals surface area contributed by atoms with Crippen LogP contribution in [0.2, 0.25) is 0 Å². The van der Waals surface area contributed by atoms with E-state index in [0.29, 0.717) is 48.2 Å². The molecule has 0 aliphatic carbocycles. The number of carbonyl (C=O) groups is 2. The molecule has 0 saturated carbocycles. The number of aromatic nitrogens is 1. The summed E-state index contributed by atoms with van der Waals surface area (Å²) in [5, 5.41) is 2.67. The van der Waals surface area contributed by atoms with Gasteiger partial charge in [0, 0.05) is 41.6 Å². The van der Waals surface area contributed by atoms with Crippen LogP contribution >= 0.6 is 11.3 Å². The van der Waals surface area contributed by atoms with E-state index in [4.69, 9.17) is 18.9 Å². The predicted octanol–water partition coefficient (Wildman–Crippen LogP) is 4.16. The number of hydrogen-bond acceptors (Lipinski definition) is 8. The minimum absolute atomic E-state index is 0.0170. The van der Waals surface area contributed by atoms with Gasteiger partial charge in [0.15, 0.2) is 17.2 Å². The number of piperidine rings is 1. The number of methoxy groups -OCH3 is 3. The summed E-state index contributed by atoms with van der Waals surface area (Å²) in [5.74, 6) is 1.55. The van der Waals surface area contributed by atoms with Crippen molar-refractivity contribution in [3.05, 3.63) is 39.4 Å². The average Bonchev–Trinajstić information content (AvgIpc) is 3.34. The smallest absolute Gasteiger partial charge is 0.357 e. The van der Waals surface area contributed by atoms with Crippen LogP contribution < -0.4 is 14.2 Å². The van der Waals surface area contributed by atoms with E-state index in [1.54, 1.807) is 52.7 Å². The van der Waals surface area contributed by atoms with Gasteiger partial charge in [-0.2, -0.15) is 0 Å². The Morgan fingerprint density at radius 1 is 1.09 bits per heavy atom. The molecule has 9 heteroatoms. The monoisotopic (exact) mass is 474 g/mol. The van der Waals surface area contributed by atoms with E-state index in [9.17, 15) is 9.59 Å². The highest BCUT2D eigenvalue weighted by Crippen LogP contribution is 2.36. The second-order valence-electron chi connectivity index (χ2n) is 7.63. The summed E-state index contributed by atoms with van der Waals surface area (Å²) in [6.45, 7) is 5.17. The summed E-state index contributed by atoms with van der Waals surface area (Å²) in [6.07, 6.45) is 3.41. The molecule has 1 fully saturated rings. The second-order valence-corrected chi connectivity index (χ2v) is 8.52. The van der Waals surface area contributed by atoms with Crippen LogP contribution in [-0.4, -0.2) is 62.8 Å². The van der Waals surface area contributed by atoms with E-state index < -0.39 is 0 Å². The zero-order chi connectivity index (χ0) is 24.0. The number of thiazole rings is 1. The number of benzene rings is 1. The third kappa shape index (κ3) is 5.65. The second kappa shape index (κ2) is 11.2. The van der Waals surface area contributed by atoms with Gasteiger partial charge in [-0.05, 0) is 38.8 Å². The van der Waals surface area contributed by atoms with Crippen LogP contribution in [0.1, 0.15) is 53.7 Å². The van der Waals surface area contributed by atoms with Gasteiger partial charge in [0.2, 0.25) is 5.91 Å². The molecule has 2 heterocycles. The summed E-state index contributed by atoms with van der Waals surface area (Å²) in [5.41, 5.74) is 1.71. The SMILES string of the molecule is CCOC(=O)c1csc(C2CCN(C(=O)C(C)=Cc3cc(OC)c(OC)cc3OC)CC2)n1. The minimum Gasteiger partial charge on any atom is -0.496 e. The normalized spacial score (nSPS) is 14.7. The maximum absolute atomic E-state index is 13.1. The molecule has 1 aliphatic heterocycles. The van der Waals surface area contributed by atoms with Crippen LogP contribution in [0.25, 0.3) is 6.08 Å². The summed E-state index contributed by atoms with van der Waals surface area (Å²) in [4.78, 5) is 31.3. The Bertz CT molecular complexity index is 1020. The van der Waals surface area contributed by atoms with Crippen molar-refractivity contribution in [3.8, 4) is 17.2 Å². The predicted molar refractivity (Wildman–Crippen MR) is 126 cm³/mol. The number of nitrogens with zero attached hydrogens (tertiary/aromatic N) is 2. The maximum atomic E-state index is 13.1. The molecule has 0 N–H and O–H groups in total. The Kier molecular flexibility index (Phi) is 8.32. The van der Waals surface area contributed by atoms with E-state index in [1.807, 2.05) is 11.0 Å². The first-order valence-corrected chi connectivity index (χ1v) is 11.7. The van der Waals surface area contributed by atoms with Crippen LogP contribution in [0.4, 0.5) is 0 Å². The van der Waals surface area contributed by atoms with Gasteiger partial charge in [-0.1, -0.05) is 0 Å². The third-order valence-electron chi connectivity index (χ3n) is 5.58. The van der Waals surface area contributed by atoms with Gasteiger partial charge in [0.1, 0.15) is 5.75 Å². The van der Waals surface area contributed by atoms with E-state index in [1.165, 1.54) is 11.3 Å². The van der Waals surface area contributed by atoms with E-state index in [0.717, 1.165) is 23.4 Å². The van der Waals surface area contributed by atoms with Gasteiger partial charge in [0.25, 0.3) is 0 Å². The van der Waals surface area contributed by atoms with Gasteiger partial charge in [-0.3, -0.25) is 4.79 Å². The average molecular weight is 475 g/mol. The van der Waals surface area contributed by atoms with Crippen LogP contribution in [-0.2, 0) is 9.53 Å². The number of amides is 1. The van der Waals surface area contributed by atoms with E-state index >= 15 is 0 Å². The highest BCUT2D eigenvalue weighted by Gasteiger charge is 2.27. The number of carbonyl (C=O) groups excluding carboxylic acids is 2. The van der Waals surface area contributed by atoms with Crippen LogP contribution in [0, 0.1) is 0 Å². The molecule has 0 radical (unpaired) electrons. The molecular formula is C24H30N2O6S. The lowest BCUT2D eigenvalue weighted by molar-refractivity contribution is -0.128. The van der Waals surface area contributed by atoms with Gasteiger partial charge in [-0.15, -0.1) is 11.3 Å². The van der Waals surface area contributed by atoms with Crippen molar-refractivity contribution in [2.24, 2.45) is 0 Å². The summed E-state index contributed by atoms with van der Waals surface area (Å²) in [7, 11) is 4.71. The Balaban J connectivity index is 1.67. The topological polar surface area (TPSA) is 87.2 Å². The highest BCUT2D eigenvalue weighted by molar-refractivity contribution is 7.09. The molecule has 3 rings (SSSR count). The molecule has 1 saturated heterocycles. The number of ether oxygens (including phenoxy) is 4. The molecule has 0 bridgehead atoms. The molecule has 1 amide bonds. The molecule has 178 valence electrons. The maximum Gasteiger partial charge on any atom is 0.357 e. The number of likely N-dealkylation sites (tertiary alicyclic amines) is 1. The fraction of sp³-hybridized carbons (Fsp3) is 0.458. The first kappa shape index (κ1) is 24.6. The minimum atomic E-state index is -0.390. The van der Waals surface area contributed by atoms with Gasteiger partial charge in [0.05, 0.1) is 32.9 Å². The Morgan fingerprint density at radius 3 is 2.33 bits per heavy atom. The van der Waals surface area contributed by atoms with Crippen molar-refractivity contribution < 1.29 is 28.5 Å². The van der Waals surface area contributed by atoms with Crippen LogP contribution in [0.5, 0.6) is 17.2 Å². The number of esters is 1. The Hall–Kier alpha value is -3.07. The van der Waals surface area contributed by atoms with Gasteiger partial charge < -0.3 is 23.8 Å². The molecule has 1 aromatic heterocycles. The highest BCUT2D eigenvalue weighted by atomic mass is 32.1. The molecule has 0 atom stereocenters. The first-order valence-electron chi connectivity index (χ1n) is 10.8. The van der Waals surface area contributed by atoms with E-state index in [2.05, 4.69) is 4.98 Å². The van der Waals surface area contributed by atoms with Crippen molar-refractivity contribution in [2.75, 3.05) is 41.0 Å². The summed E-state index contributed by atoms with van der Waals surface area (Å²) in [6, 6.07) is 3.54. The molecule has 33 heavy (non-hydrogen) atoms. The molecule has 8 nitrogen and oxygen atoms in total. The zero-order valence-corrected chi connectivity index (χ0v) is 20.5. The Labute approximate surface area is 198 Å². The van der Waals surface area contributed by atoms with Crippen molar-refractivity contribution in [1.29, 1.82) is 0 Å². The fourth-order valence-electron chi connectivity index (χ4n) is 3.81. The van der Waals surface area contributed by atoms with Crippen molar-refractivity contribution in [2.45, 2.75) is 32.6 Å². The Morgan fingerprint density at radius 2 is 1.73 bits per heavy atom. The lowest BCUT2D eigenvalue weighted by atomic mass is 9.97. The van der Waals surface area contributed by atoms with Crippen molar-refractivity contribution >= 4 is 29.3 Å². The van der Waals surface area contributed by atoms with Gasteiger partial charge >= 0.3 is 5.97 Å². The number of rotatable bonds is 8. The lowest BCUT2D eigenvalue weighted by Gasteiger charge is -2.31. The van der Waals surface area contributed by atoms with Crippen molar-refractivity contribution in [1.82, 2.24) is 9.88 Å². The fourth-order valence-corrected chi connectivity index (χ4v) is 4.77. The summed E-state index contributed by atoms with van der Waals surface area (Å²) >= 11 is 1.48. The third-order valence-corrected chi connectivity index (χ3v) is 6.59. The molecule has 1 aliphatic rings. The number of hydrogen-bond donors (Lipinski definition) is 0. The van der Waals surface area contributed by atoms with Crippen molar-refractivity contribution in [3.63, 3.8) is 0 Å². The van der Waals surface area contributed by atoms with E-state index in [-0.39, 0.29) is 17.8 Å². The zero-order valence-electron chi connectivity index (χ0n) is 19.7. The molecular weight excluding hydrogens is 444 g/mol. The molecule has 0 spiro atoms. The van der Waals surface area contributed by atoms with Gasteiger partial charge in [-0.25, -0.2) is 9.78 Å². The molecule has 1 aromatic carbocycles. The quantitative estimate of drug-likeness (QED) is 0.419.